The van der Waals surface area contributed by atoms with E-state index in [0.717, 1.165) is 83.9 Å². The van der Waals surface area contributed by atoms with Crippen molar-refractivity contribution >= 4 is 46.3 Å². The summed E-state index contributed by atoms with van der Waals surface area (Å²) in [6.07, 6.45) is 3.44. The zero-order valence-electron chi connectivity index (χ0n) is 23.3. The number of likely N-dealkylation sites (tertiary alicyclic amines) is 1. The molecule has 2 saturated heterocycles. The third-order valence-electron chi connectivity index (χ3n) is 8.60. The van der Waals surface area contributed by atoms with Crippen LogP contribution in [-0.2, 0) is 13.0 Å². The van der Waals surface area contributed by atoms with E-state index in [2.05, 4.69) is 63.5 Å². The van der Waals surface area contributed by atoms with Crippen molar-refractivity contribution in [2.45, 2.75) is 44.3 Å². The Morgan fingerprint density at radius 3 is 2.68 bits per heavy atom. The summed E-state index contributed by atoms with van der Waals surface area (Å²) in [5.41, 5.74) is 3.69. The Hall–Kier alpha value is -3.27. The van der Waals surface area contributed by atoms with Crippen LogP contribution in [0.15, 0.2) is 36.4 Å². The first-order chi connectivity index (χ1) is 19.6. The molecule has 2 aromatic carbocycles. The summed E-state index contributed by atoms with van der Waals surface area (Å²) in [6, 6.07) is 17.4. The number of benzene rings is 2. The lowest BCUT2D eigenvalue weighted by molar-refractivity contribution is 0.192. The summed E-state index contributed by atoms with van der Waals surface area (Å²) in [4.78, 5) is 12.0. The average Bonchev–Trinajstić information content (AvgIpc) is 3.39. The Balaban J connectivity index is 0.00000337. The standard InChI is InChI=1S/C31H34ClN7O.ClH/c1-37-14-4-7-23(37)20-40-31-25(17-34)26-19-38(28-9-3-6-21-5-2-8-27(32)29(21)28)15-11-24(26)30(36-31)39-16-13-35-22(18-39)10-12-33;/h2-3,5-6,8-9,22-23,35H,4,7,10-11,13-16,18-20H2,1H3;1H/t22?,23-;/m0./s1. The van der Waals surface area contributed by atoms with Crippen molar-refractivity contribution in [2.24, 2.45) is 0 Å². The molecule has 214 valence electrons. The Morgan fingerprint density at radius 1 is 1.10 bits per heavy atom. The highest BCUT2D eigenvalue weighted by Gasteiger charge is 2.32. The number of rotatable bonds is 6. The quantitative estimate of drug-likeness (QED) is 0.432. The molecule has 0 bridgehead atoms. The zero-order chi connectivity index (χ0) is 27.6. The van der Waals surface area contributed by atoms with Gasteiger partial charge in [0.2, 0.25) is 5.88 Å². The number of anilines is 2. The Morgan fingerprint density at radius 2 is 1.93 bits per heavy atom. The maximum Gasteiger partial charge on any atom is 0.234 e. The number of ether oxygens (including phenoxy) is 1. The van der Waals surface area contributed by atoms with Crippen LogP contribution >= 0.6 is 24.0 Å². The lowest BCUT2D eigenvalue weighted by Gasteiger charge is -2.38. The molecule has 4 heterocycles. The molecule has 8 nitrogen and oxygen atoms in total. The van der Waals surface area contributed by atoms with E-state index in [9.17, 15) is 10.5 Å². The number of fused-ring (bicyclic) bond motifs is 2. The van der Waals surface area contributed by atoms with E-state index in [1.54, 1.807) is 0 Å². The van der Waals surface area contributed by atoms with Gasteiger partial charge in [-0.15, -0.1) is 12.4 Å². The largest absolute Gasteiger partial charge is 0.475 e. The van der Waals surface area contributed by atoms with Crippen molar-refractivity contribution in [3.8, 4) is 18.0 Å². The number of nitrogens with zero attached hydrogens (tertiary/aromatic N) is 6. The van der Waals surface area contributed by atoms with E-state index in [1.807, 2.05) is 12.1 Å². The summed E-state index contributed by atoms with van der Waals surface area (Å²) in [7, 11) is 2.13. The maximum atomic E-state index is 10.4. The summed E-state index contributed by atoms with van der Waals surface area (Å²) in [6.45, 7) is 5.21. The molecule has 0 saturated carbocycles. The molecule has 6 rings (SSSR count). The number of aromatic nitrogens is 1. The van der Waals surface area contributed by atoms with Gasteiger partial charge in [0.15, 0.2) is 0 Å². The number of likely N-dealkylation sites (N-methyl/N-ethyl adjacent to an activating group) is 1. The molecule has 3 aliphatic rings. The van der Waals surface area contributed by atoms with E-state index >= 15 is 0 Å². The second-order valence-electron chi connectivity index (χ2n) is 11.0. The van der Waals surface area contributed by atoms with Gasteiger partial charge in [0, 0.05) is 67.0 Å². The predicted molar refractivity (Wildman–Crippen MR) is 165 cm³/mol. The van der Waals surface area contributed by atoms with Crippen LogP contribution in [-0.4, -0.2) is 68.3 Å². The van der Waals surface area contributed by atoms with E-state index in [0.29, 0.717) is 43.6 Å². The molecule has 1 N–H and O–H groups in total. The number of pyridine rings is 1. The Bertz CT molecular complexity index is 1500. The molecule has 0 aliphatic carbocycles. The molecule has 0 radical (unpaired) electrons. The highest BCUT2D eigenvalue weighted by Crippen LogP contribution is 2.40. The fourth-order valence-corrected chi connectivity index (χ4v) is 6.72. The van der Waals surface area contributed by atoms with Crippen LogP contribution in [0.3, 0.4) is 0 Å². The van der Waals surface area contributed by atoms with Gasteiger partial charge in [0.25, 0.3) is 0 Å². The van der Waals surface area contributed by atoms with Gasteiger partial charge in [-0.1, -0.05) is 35.9 Å². The van der Waals surface area contributed by atoms with Crippen LogP contribution in [0.5, 0.6) is 5.88 Å². The molecule has 10 heteroatoms. The SMILES string of the molecule is CN1CCC[C@H]1COc1nc(N2CCNC(CC#N)C2)c2c(c1C#N)CN(c1cccc3cccc(Cl)c13)CC2.Cl. The van der Waals surface area contributed by atoms with Gasteiger partial charge in [0.05, 0.1) is 17.5 Å². The third kappa shape index (κ3) is 5.76. The first-order valence-corrected chi connectivity index (χ1v) is 14.5. The topological polar surface area (TPSA) is 91.5 Å². The van der Waals surface area contributed by atoms with E-state index in [1.165, 1.54) is 0 Å². The third-order valence-corrected chi connectivity index (χ3v) is 8.91. The van der Waals surface area contributed by atoms with E-state index < -0.39 is 0 Å². The van der Waals surface area contributed by atoms with Crippen LogP contribution in [0.4, 0.5) is 11.5 Å². The van der Waals surface area contributed by atoms with Gasteiger partial charge in [-0.2, -0.15) is 15.5 Å². The van der Waals surface area contributed by atoms with Crippen molar-refractivity contribution in [3.05, 3.63) is 58.1 Å². The summed E-state index contributed by atoms with van der Waals surface area (Å²) in [5, 5.41) is 26.0. The van der Waals surface area contributed by atoms with E-state index in [-0.39, 0.29) is 18.4 Å². The molecular weight excluding hydrogens is 557 g/mol. The zero-order valence-corrected chi connectivity index (χ0v) is 24.8. The molecule has 0 spiro atoms. The lowest BCUT2D eigenvalue weighted by Crippen LogP contribution is -2.51. The number of hydrogen-bond donors (Lipinski definition) is 1. The van der Waals surface area contributed by atoms with Crippen LogP contribution < -0.4 is 19.9 Å². The normalized spacial score (nSPS) is 20.7. The van der Waals surface area contributed by atoms with Crippen molar-refractivity contribution in [3.63, 3.8) is 0 Å². The summed E-state index contributed by atoms with van der Waals surface area (Å²) >= 11 is 6.70. The van der Waals surface area contributed by atoms with Gasteiger partial charge >= 0.3 is 0 Å². The minimum Gasteiger partial charge on any atom is -0.475 e. The number of piperazine rings is 1. The van der Waals surface area contributed by atoms with Crippen molar-refractivity contribution in [2.75, 3.05) is 56.2 Å². The smallest absolute Gasteiger partial charge is 0.234 e. The minimum atomic E-state index is 0. The molecule has 1 unspecified atom stereocenters. The second kappa shape index (κ2) is 12.7. The van der Waals surface area contributed by atoms with Gasteiger partial charge in [-0.05, 0) is 50.4 Å². The van der Waals surface area contributed by atoms with Crippen molar-refractivity contribution in [1.82, 2.24) is 15.2 Å². The minimum absolute atomic E-state index is 0. The van der Waals surface area contributed by atoms with Crippen LogP contribution in [0.2, 0.25) is 5.02 Å². The van der Waals surface area contributed by atoms with Crippen molar-refractivity contribution in [1.29, 1.82) is 10.5 Å². The van der Waals surface area contributed by atoms with Gasteiger partial charge in [-0.3, -0.25) is 0 Å². The molecule has 0 amide bonds. The number of halogens is 2. The fraction of sp³-hybridized carbons (Fsp3) is 0.452. The van der Waals surface area contributed by atoms with Crippen molar-refractivity contribution < 1.29 is 4.74 Å². The molecule has 2 fully saturated rings. The molecular formula is C31H35Cl2N7O. The number of nitrogens with one attached hydrogen (secondary N) is 1. The molecule has 41 heavy (non-hydrogen) atoms. The highest BCUT2D eigenvalue weighted by atomic mass is 35.5. The van der Waals surface area contributed by atoms with Crippen LogP contribution in [0.1, 0.15) is 36.0 Å². The number of hydrogen-bond acceptors (Lipinski definition) is 8. The van der Waals surface area contributed by atoms with Gasteiger partial charge in [-0.25, -0.2) is 0 Å². The number of nitriles is 2. The molecule has 2 atom stereocenters. The highest BCUT2D eigenvalue weighted by molar-refractivity contribution is 6.36. The fourth-order valence-electron chi connectivity index (χ4n) is 6.44. The van der Waals surface area contributed by atoms with Gasteiger partial charge in [0.1, 0.15) is 24.1 Å². The van der Waals surface area contributed by atoms with Gasteiger partial charge < -0.3 is 24.8 Å². The first kappa shape index (κ1) is 29.2. The first-order valence-electron chi connectivity index (χ1n) is 14.1. The maximum absolute atomic E-state index is 10.4. The summed E-state index contributed by atoms with van der Waals surface area (Å²) in [5.74, 6) is 1.31. The van der Waals surface area contributed by atoms with E-state index in [4.69, 9.17) is 21.3 Å². The molecule has 1 aromatic heterocycles. The molecule has 3 aliphatic heterocycles. The Labute approximate surface area is 252 Å². The monoisotopic (exact) mass is 591 g/mol. The molecule has 3 aromatic rings. The summed E-state index contributed by atoms with van der Waals surface area (Å²) < 4.78 is 6.38. The predicted octanol–water partition coefficient (Wildman–Crippen LogP) is 4.91. The average molecular weight is 593 g/mol. The Kier molecular flexibility index (Phi) is 9.06. The lowest BCUT2D eigenvalue weighted by atomic mass is 9.94. The van der Waals surface area contributed by atoms with Crippen LogP contribution in [0, 0.1) is 22.7 Å². The van der Waals surface area contributed by atoms with Crippen LogP contribution in [0.25, 0.3) is 10.8 Å². The second-order valence-corrected chi connectivity index (χ2v) is 11.4.